The minimum absolute atomic E-state index is 0.0173. The molecule has 25 heavy (non-hydrogen) atoms. The lowest BCUT2D eigenvalue weighted by Gasteiger charge is -2.12. The first-order valence-electron chi connectivity index (χ1n) is 8.39. The van der Waals surface area contributed by atoms with Gasteiger partial charge in [0.2, 0.25) is 0 Å². The van der Waals surface area contributed by atoms with Gasteiger partial charge in [-0.1, -0.05) is 0 Å². The van der Waals surface area contributed by atoms with Gasteiger partial charge in [0.05, 0.1) is 22.1 Å². The molecular weight excluding hydrogens is 346 g/mol. The second-order valence-corrected chi connectivity index (χ2v) is 7.01. The molecule has 0 amide bonds. The van der Waals surface area contributed by atoms with Gasteiger partial charge in [-0.25, -0.2) is 8.78 Å². The zero-order valence-electron chi connectivity index (χ0n) is 13.8. The maximum absolute atomic E-state index is 14.9. The highest BCUT2D eigenvalue weighted by Gasteiger charge is 2.20. The van der Waals surface area contributed by atoms with Crippen LogP contribution in [-0.2, 0) is 4.74 Å². The average molecular weight is 364 g/mol. The van der Waals surface area contributed by atoms with Crippen molar-refractivity contribution in [2.24, 2.45) is 0 Å². The molecule has 6 heteroatoms. The SMILES string of the molecule is CCOc1ccc2c(sc3c(F)c(OCC4CCCO4)ccc32)c1F. The zero-order chi connectivity index (χ0) is 17.4. The van der Waals surface area contributed by atoms with E-state index in [0.29, 0.717) is 33.4 Å². The Morgan fingerprint density at radius 1 is 1.04 bits per heavy atom. The van der Waals surface area contributed by atoms with Crippen LogP contribution >= 0.6 is 11.3 Å². The molecule has 0 spiro atoms. The summed E-state index contributed by atoms with van der Waals surface area (Å²) in [6.45, 7) is 3.23. The van der Waals surface area contributed by atoms with Crippen LogP contribution in [0.1, 0.15) is 19.8 Å². The monoisotopic (exact) mass is 364 g/mol. The van der Waals surface area contributed by atoms with Gasteiger partial charge in [-0.05, 0) is 44.0 Å². The first-order chi connectivity index (χ1) is 12.2. The van der Waals surface area contributed by atoms with E-state index in [2.05, 4.69) is 0 Å². The Bertz CT molecular complexity index is 916. The third kappa shape index (κ3) is 2.93. The van der Waals surface area contributed by atoms with Crippen LogP contribution in [0.5, 0.6) is 11.5 Å². The van der Waals surface area contributed by atoms with Gasteiger partial charge in [-0.2, -0.15) is 0 Å². The highest BCUT2D eigenvalue weighted by Crippen LogP contribution is 2.41. The van der Waals surface area contributed by atoms with Crippen LogP contribution in [0.3, 0.4) is 0 Å². The number of ether oxygens (including phenoxy) is 3. The van der Waals surface area contributed by atoms with Crippen LogP contribution < -0.4 is 9.47 Å². The maximum atomic E-state index is 14.9. The van der Waals surface area contributed by atoms with Crippen molar-refractivity contribution in [1.29, 1.82) is 0 Å². The normalized spacial score (nSPS) is 17.5. The van der Waals surface area contributed by atoms with Gasteiger partial charge in [0.25, 0.3) is 0 Å². The topological polar surface area (TPSA) is 27.7 Å². The first kappa shape index (κ1) is 16.5. The molecule has 1 unspecified atom stereocenters. The minimum atomic E-state index is -0.450. The minimum Gasteiger partial charge on any atom is -0.491 e. The van der Waals surface area contributed by atoms with E-state index in [-0.39, 0.29) is 17.6 Å². The lowest BCUT2D eigenvalue weighted by molar-refractivity contribution is 0.0667. The molecule has 0 radical (unpaired) electrons. The molecule has 0 bridgehead atoms. The Hall–Kier alpha value is -1.92. The summed E-state index contributed by atoms with van der Waals surface area (Å²) >= 11 is 1.09. The second kappa shape index (κ2) is 6.77. The Labute approximate surface area is 148 Å². The van der Waals surface area contributed by atoms with Gasteiger partial charge in [0, 0.05) is 17.4 Å². The van der Waals surface area contributed by atoms with Crippen LogP contribution in [0.15, 0.2) is 24.3 Å². The maximum Gasteiger partial charge on any atom is 0.182 e. The summed E-state index contributed by atoms with van der Waals surface area (Å²) in [5.41, 5.74) is 0. The summed E-state index contributed by atoms with van der Waals surface area (Å²) in [5.74, 6) is -0.521. The van der Waals surface area contributed by atoms with E-state index >= 15 is 0 Å². The van der Waals surface area contributed by atoms with Crippen molar-refractivity contribution in [2.75, 3.05) is 19.8 Å². The molecule has 1 fully saturated rings. The Balaban J connectivity index is 1.72. The van der Waals surface area contributed by atoms with Crippen molar-refractivity contribution in [3.05, 3.63) is 35.9 Å². The van der Waals surface area contributed by atoms with Gasteiger partial charge in [-0.15, -0.1) is 11.3 Å². The lowest BCUT2D eigenvalue weighted by atomic mass is 10.1. The van der Waals surface area contributed by atoms with Crippen molar-refractivity contribution in [3.8, 4) is 11.5 Å². The third-order valence-corrected chi connectivity index (χ3v) is 5.57. The Morgan fingerprint density at radius 3 is 2.24 bits per heavy atom. The van der Waals surface area contributed by atoms with Crippen LogP contribution in [0, 0.1) is 11.6 Å². The summed E-state index contributed by atoms with van der Waals surface area (Å²) in [4.78, 5) is 0. The predicted molar refractivity (Wildman–Crippen MR) is 94.9 cm³/mol. The first-order valence-corrected chi connectivity index (χ1v) is 9.21. The van der Waals surface area contributed by atoms with Gasteiger partial charge >= 0.3 is 0 Å². The number of hydrogen-bond donors (Lipinski definition) is 0. The van der Waals surface area contributed by atoms with Crippen molar-refractivity contribution in [3.63, 3.8) is 0 Å². The molecule has 0 N–H and O–H groups in total. The van der Waals surface area contributed by atoms with Crippen molar-refractivity contribution in [2.45, 2.75) is 25.9 Å². The molecule has 0 saturated carbocycles. The van der Waals surface area contributed by atoms with Crippen LogP contribution in [0.2, 0.25) is 0 Å². The fraction of sp³-hybridized carbons (Fsp3) is 0.368. The highest BCUT2D eigenvalue weighted by molar-refractivity contribution is 7.25. The summed E-state index contributed by atoms with van der Waals surface area (Å²) in [5, 5.41) is 1.37. The van der Waals surface area contributed by atoms with Crippen molar-refractivity contribution in [1.82, 2.24) is 0 Å². The molecule has 1 aliphatic heterocycles. The largest absolute Gasteiger partial charge is 0.491 e. The van der Waals surface area contributed by atoms with Crippen molar-refractivity contribution < 1.29 is 23.0 Å². The summed E-state index contributed by atoms with van der Waals surface area (Å²) < 4.78 is 46.6. The van der Waals surface area contributed by atoms with Crippen molar-refractivity contribution >= 4 is 31.5 Å². The molecule has 2 heterocycles. The Morgan fingerprint density at radius 2 is 1.68 bits per heavy atom. The number of halogens is 2. The van der Waals surface area contributed by atoms with Crippen LogP contribution in [0.4, 0.5) is 8.78 Å². The fourth-order valence-electron chi connectivity index (χ4n) is 3.14. The zero-order valence-corrected chi connectivity index (χ0v) is 14.6. The average Bonchev–Trinajstić information content (AvgIpc) is 3.25. The molecule has 132 valence electrons. The standard InChI is InChI=1S/C19H18F2O3S/c1-2-22-14-7-5-12-13-6-8-15(24-10-11-4-3-9-23-11)17(21)19(13)25-18(12)16(14)20/h5-8,11H,2-4,9-10H2,1H3. The van der Waals surface area contributed by atoms with E-state index in [1.807, 2.05) is 0 Å². The summed E-state index contributed by atoms with van der Waals surface area (Å²) in [6, 6.07) is 6.75. The third-order valence-electron chi connectivity index (χ3n) is 4.37. The van der Waals surface area contributed by atoms with E-state index in [0.717, 1.165) is 30.8 Å². The lowest BCUT2D eigenvalue weighted by Crippen LogP contribution is -2.16. The molecule has 4 rings (SSSR count). The van der Waals surface area contributed by atoms with E-state index in [9.17, 15) is 8.78 Å². The van der Waals surface area contributed by atoms with E-state index in [1.165, 1.54) is 0 Å². The van der Waals surface area contributed by atoms with E-state index in [4.69, 9.17) is 14.2 Å². The molecule has 2 aromatic carbocycles. The number of fused-ring (bicyclic) bond motifs is 3. The van der Waals surface area contributed by atoms with Gasteiger partial charge < -0.3 is 14.2 Å². The molecule has 0 aliphatic carbocycles. The number of benzene rings is 2. The molecular formula is C19H18F2O3S. The van der Waals surface area contributed by atoms with E-state index < -0.39 is 11.6 Å². The highest BCUT2D eigenvalue weighted by atomic mass is 32.1. The second-order valence-electron chi connectivity index (χ2n) is 5.99. The number of hydrogen-bond acceptors (Lipinski definition) is 4. The van der Waals surface area contributed by atoms with E-state index in [1.54, 1.807) is 31.2 Å². The summed E-state index contributed by atoms with van der Waals surface area (Å²) in [6.07, 6.45) is 1.95. The molecule has 3 nitrogen and oxygen atoms in total. The molecule has 1 aliphatic rings. The quantitative estimate of drug-likeness (QED) is 0.616. The molecule has 1 aromatic heterocycles. The summed E-state index contributed by atoms with van der Waals surface area (Å²) in [7, 11) is 0. The Kier molecular flexibility index (Phi) is 4.48. The van der Waals surface area contributed by atoms with Crippen LogP contribution in [0.25, 0.3) is 20.2 Å². The van der Waals surface area contributed by atoms with Gasteiger partial charge in [0.1, 0.15) is 6.61 Å². The fourth-order valence-corrected chi connectivity index (χ4v) is 4.30. The molecule has 1 atom stereocenters. The molecule has 1 saturated heterocycles. The van der Waals surface area contributed by atoms with Gasteiger partial charge in [0.15, 0.2) is 23.1 Å². The number of thiophene rings is 1. The van der Waals surface area contributed by atoms with Gasteiger partial charge in [-0.3, -0.25) is 0 Å². The predicted octanol–water partition coefficient (Wildman–Crippen LogP) is 5.29. The smallest absolute Gasteiger partial charge is 0.182 e. The number of rotatable bonds is 5. The molecule has 3 aromatic rings. The van der Waals surface area contributed by atoms with Crippen LogP contribution in [-0.4, -0.2) is 25.9 Å².